The van der Waals surface area contributed by atoms with Crippen LogP contribution in [0.4, 0.5) is 0 Å². The quantitative estimate of drug-likeness (QED) is 0.691. The highest BCUT2D eigenvalue weighted by molar-refractivity contribution is 7.97. The molecule has 0 aliphatic rings. The maximum absolute atomic E-state index is 4.26. The second kappa shape index (κ2) is 3.81. The van der Waals surface area contributed by atoms with Crippen LogP contribution in [0.2, 0.25) is 0 Å². The maximum atomic E-state index is 4.26. The number of aryl methyl sites for hydroxylation is 1. The lowest BCUT2D eigenvalue weighted by molar-refractivity contribution is 0.706. The lowest BCUT2D eigenvalue weighted by Crippen LogP contribution is -2.01. The van der Waals surface area contributed by atoms with Crippen LogP contribution in [-0.4, -0.2) is 15.8 Å². The van der Waals surface area contributed by atoms with E-state index in [1.165, 1.54) is 5.69 Å². The highest BCUT2D eigenvalue weighted by Crippen LogP contribution is 2.10. The zero-order valence-electron chi connectivity index (χ0n) is 7.29. The van der Waals surface area contributed by atoms with Gasteiger partial charge in [-0.2, -0.15) is 11.8 Å². The van der Waals surface area contributed by atoms with Crippen molar-refractivity contribution < 1.29 is 0 Å². The maximum Gasteiger partial charge on any atom is 0.105 e. The van der Waals surface area contributed by atoms with E-state index < -0.39 is 0 Å². The van der Waals surface area contributed by atoms with Crippen LogP contribution in [-0.2, 0) is 12.3 Å². The third-order valence-corrected chi connectivity index (χ3v) is 2.33. The van der Waals surface area contributed by atoms with Crippen LogP contribution in [0.3, 0.4) is 0 Å². The molecule has 2 nitrogen and oxygen atoms in total. The van der Waals surface area contributed by atoms with Crippen LogP contribution in [0.25, 0.3) is 0 Å². The summed E-state index contributed by atoms with van der Waals surface area (Å²) in [5, 5.41) is 0. The number of hydrogen-bond acceptors (Lipinski definition) is 2. The number of aromatic nitrogens is 2. The third-order valence-electron chi connectivity index (χ3n) is 1.75. The minimum Gasteiger partial charge on any atom is -0.332 e. The molecule has 1 heterocycles. The lowest BCUT2D eigenvalue weighted by Gasteiger charge is -2.04. The van der Waals surface area contributed by atoms with Gasteiger partial charge in [0.15, 0.2) is 0 Å². The number of imidazole rings is 1. The molecule has 0 unspecified atom stereocenters. The van der Waals surface area contributed by atoms with Gasteiger partial charge in [-0.15, -0.1) is 0 Å². The van der Waals surface area contributed by atoms with Crippen molar-refractivity contribution in [2.45, 2.75) is 26.1 Å². The first-order valence-corrected chi connectivity index (χ1v) is 5.19. The van der Waals surface area contributed by atoms with Crippen molar-refractivity contribution in [3.05, 3.63) is 17.7 Å². The van der Waals surface area contributed by atoms with E-state index in [-0.39, 0.29) is 0 Å². The average molecular weight is 170 g/mol. The van der Waals surface area contributed by atoms with Crippen LogP contribution in [0.5, 0.6) is 0 Å². The van der Waals surface area contributed by atoms with Gasteiger partial charge in [0.25, 0.3) is 0 Å². The molecular formula is C8H14N2S. The summed E-state index contributed by atoms with van der Waals surface area (Å²) < 4.78 is 2.25. The monoisotopic (exact) mass is 170 g/mol. The molecule has 0 saturated carbocycles. The second-order valence-corrected chi connectivity index (χ2v) is 3.34. The summed E-state index contributed by atoms with van der Waals surface area (Å²) in [5.74, 6) is 2.19. The minimum atomic E-state index is 1.03. The van der Waals surface area contributed by atoms with Gasteiger partial charge in [0.05, 0.1) is 0 Å². The molecule has 0 atom stereocenters. The third kappa shape index (κ3) is 1.77. The number of hydrogen-bond donors (Lipinski definition) is 0. The van der Waals surface area contributed by atoms with Crippen LogP contribution in [0, 0.1) is 6.92 Å². The van der Waals surface area contributed by atoms with Crippen molar-refractivity contribution in [1.82, 2.24) is 9.55 Å². The van der Waals surface area contributed by atoms with Crippen molar-refractivity contribution in [1.29, 1.82) is 0 Å². The van der Waals surface area contributed by atoms with Gasteiger partial charge in [0, 0.05) is 24.2 Å². The van der Waals surface area contributed by atoms with Gasteiger partial charge in [0.1, 0.15) is 5.82 Å². The Hall–Kier alpha value is -0.440. The second-order valence-electron chi connectivity index (χ2n) is 2.47. The van der Waals surface area contributed by atoms with Gasteiger partial charge < -0.3 is 4.57 Å². The molecule has 0 aliphatic carbocycles. The molecule has 0 N–H and O–H groups in total. The molecule has 0 saturated heterocycles. The Morgan fingerprint density at radius 2 is 2.36 bits per heavy atom. The first kappa shape index (κ1) is 8.65. The summed E-state index contributed by atoms with van der Waals surface area (Å²) in [6, 6.07) is 0. The Balaban J connectivity index is 2.86. The molecule has 0 aromatic carbocycles. The fourth-order valence-corrected chi connectivity index (χ4v) is 1.74. The molecule has 0 fully saturated rings. The molecule has 1 rings (SSSR count). The van der Waals surface area contributed by atoms with Crippen molar-refractivity contribution in [2.75, 3.05) is 6.26 Å². The molecule has 3 heteroatoms. The van der Waals surface area contributed by atoms with Crippen molar-refractivity contribution >= 4 is 11.8 Å². The van der Waals surface area contributed by atoms with Crippen molar-refractivity contribution in [3.8, 4) is 0 Å². The Morgan fingerprint density at radius 1 is 1.64 bits per heavy atom. The van der Waals surface area contributed by atoms with E-state index in [4.69, 9.17) is 0 Å². The summed E-state index contributed by atoms with van der Waals surface area (Å²) in [7, 11) is 0. The molecule has 0 amide bonds. The van der Waals surface area contributed by atoms with Gasteiger partial charge in [0.2, 0.25) is 0 Å². The van der Waals surface area contributed by atoms with Gasteiger partial charge >= 0.3 is 0 Å². The van der Waals surface area contributed by atoms with Crippen LogP contribution < -0.4 is 0 Å². The number of rotatable bonds is 3. The molecule has 62 valence electrons. The van der Waals surface area contributed by atoms with E-state index in [1.54, 1.807) is 0 Å². The molecular weight excluding hydrogens is 156 g/mol. The highest BCUT2D eigenvalue weighted by Gasteiger charge is 2.02. The average Bonchev–Trinajstić information content (AvgIpc) is 2.33. The van der Waals surface area contributed by atoms with E-state index in [9.17, 15) is 0 Å². The molecule has 0 spiro atoms. The zero-order valence-corrected chi connectivity index (χ0v) is 8.11. The molecule has 11 heavy (non-hydrogen) atoms. The smallest absolute Gasteiger partial charge is 0.105 e. The standard InChI is InChI=1S/C8H14N2S/c1-4-10-7(2)9-5-8(10)6-11-3/h5H,4,6H2,1-3H3. The highest BCUT2D eigenvalue weighted by atomic mass is 32.2. The Bertz CT molecular complexity index is 230. The van der Waals surface area contributed by atoms with Gasteiger partial charge in [-0.1, -0.05) is 0 Å². The molecule has 0 radical (unpaired) electrons. The zero-order chi connectivity index (χ0) is 8.27. The summed E-state index contributed by atoms with van der Waals surface area (Å²) >= 11 is 1.84. The summed E-state index contributed by atoms with van der Waals surface area (Å²) in [6.45, 7) is 5.23. The predicted octanol–water partition coefficient (Wildman–Crippen LogP) is 2.07. The van der Waals surface area contributed by atoms with Crippen LogP contribution in [0.1, 0.15) is 18.4 Å². The van der Waals surface area contributed by atoms with Gasteiger partial charge in [-0.3, -0.25) is 0 Å². The van der Waals surface area contributed by atoms with E-state index in [0.29, 0.717) is 0 Å². The van der Waals surface area contributed by atoms with Crippen molar-refractivity contribution in [3.63, 3.8) is 0 Å². The van der Waals surface area contributed by atoms with E-state index in [2.05, 4.69) is 22.7 Å². The molecule has 1 aromatic heterocycles. The van der Waals surface area contributed by atoms with E-state index in [1.807, 2.05) is 24.9 Å². The molecule has 0 aliphatic heterocycles. The Labute approximate surface area is 72.0 Å². The lowest BCUT2D eigenvalue weighted by atomic mass is 10.5. The fourth-order valence-electron chi connectivity index (χ4n) is 1.21. The fraction of sp³-hybridized carbons (Fsp3) is 0.625. The van der Waals surface area contributed by atoms with Gasteiger partial charge in [-0.05, 0) is 20.1 Å². The van der Waals surface area contributed by atoms with Crippen molar-refractivity contribution in [2.24, 2.45) is 0 Å². The summed E-state index contributed by atoms with van der Waals surface area (Å²) in [5.41, 5.74) is 1.33. The Morgan fingerprint density at radius 3 is 2.91 bits per heavy atom. The number of nitrogens with zero attached hydrogens (tertiary/aromatic N) is 2. The summed E-state index contributed by atoms with van der Waals surface area (Å²) in [4.78, 5) is 4.26. The largest absolute Gasteiger partial charge is 0.332 e. The summed E-state index contributed by atoms with van der Waals surface area (Å²) in [6.07, 6.45) is 4.08. The Kier molecular flexibility index (Phi) is 3.00. The topological polar surface area (TPSA) is 17.8 Å². The normalized spacial score (nSPS) is 10.5. The van der Waals surface area contributed by atoms with Crippen LogP contribution in [0.15, 0.2) is 6.20 Å². The predicted molar refractivity (Wildman–Crippen MR) is 49.9 cm³/mol. The number of thioether (sulfide) groups is 1. The first-order valence-electron chi connectivity index (χ1n) is 3.79. The van der Waals surface area contributed by atoms with Gasteiger partial charge in [-0.25, -0.2) is 4.98 Å². The SMILES string of the molecule is CCn1c(CSC)cnc1C. The van der Waals surface area contributed by atoms with E-state index in [0.717, 1.165) is 18.1 Å². The first-order chi connectivity index (χ1) is 5.29. The van der Waals surface area contributed by atoms with Crippen LogP contribution >= 0.6 is 11.8 Å². The minimum absolute atomic E-state index is 1.03. The molecule has 1 aromatic rings. The molecule has 0 bridgehead atoms. The van der Waals surface area contributed by atoms with E-state index >= 15 is 0 Å².